The molecule has 2 N–H and O–H groups in total. The molecular formula is C14H23FN2O2S2. The fourth-order valence-electron chi connectivity index (χ4n) is 1.83. The van der Waals surface area contributed by atoms with E-state index in [0.29, 0.717) is 18.7 Å². The molecular weight excluding hydrogens is 311 g/mol. The molecule has 0 saturated heterocycles. The summed E-state index contributed by atoms with van der Waals surface area (Å²) in [6.07, 6.45) is 3.67. The molecule has 0 heterocycles. The van der Waals surface area contributed by atoms with E-state index in [-0.39, 0.29) is 4.90 Å². The highest BCUT2D eigenvalue weighted by Gasteiger charge is 2.18. The number of thioether (sulfide) groups is 1. The highest BCUT2D eigenvalue weighted by Crippen LogP contribution is 2.17. The van der Waals surface area contributed by atoms with Crippen LogP contribution < -0.4 is 10.0 Å². The van der Waals surface area contributed by atoms with E-state index < -0.39 is 15.8 Å². The molecule has 0 aliphatic carbocycles. The minimum atomic E-state index is -3.67. The van der Waals surface area contributed by atoms with Crippen molar-refractivity contribution in [2.75, 3.05) is 25.1 Å². The van der Waals surface area contributed by atoms with Crippen molar-refractivity contribution in [2.24, 2.45) is 0 Å². The predicted molar refractivity (Wildman–Crippen MR) is 86.6 cm³/mol. The van der Waals surface area contributed by atoms with Crippen molar-refractivity contribution >= 4 is 21.8 Å². The van der Waals surface area contributed by atoms with Gasteiger partial charge in [0.2, 0.25) is 10.0 Å². The third-order valence-electron chi connectivity index (χ3n) is 2.88. The lowest BCUT2D eigenvalue weighted by atomic mass is 10.2. The van der Waals surface area contributed by atoms with Gasteiger partial charge in [0.25, 0.3) is 0 Å². The van der Waals surface area contributed by atoms with Gasteiger partial charge in [0.1, 0.15) is 5.82 Å². The summed E-state index contributed by atoms with van der Waals surface area (Å²) in [5.74, 6) is 0.343. The summed E-state index contributed by atoms with van der Waals surface area (Å²) in [4.78, 5) is 0.0234. The van der Waals surface area contributed by atoms with E-state index in [1.165, 1.54) is 12.1 Å². The molecule has 0 fully saturated rings. The first-order chi connectivity index (χ1) is 10.0. The van der Waals surface area contributed by atoms with Gasteiger partial charge in [-0.25, -0.2) is 17.5 Å². The molecule has 0 unspecified atom stereocenters. The van der Waals surface area contributed by atoms with E-state index in [9.17, 15) is 12.8 Å². The second-order valence-corrected chi connectivity index (χ2v) is 7.39. The van der Waals surface area contributed by atoms with Crippen LogP contribution in [0.4, 0.5) is 4.39 Å². The number of benzene rings is 1. The smallest absolute Gasteiger partial charge is 0.240 e. The Hall–Kier alpha value is -0.630. The molecule has 4 nitrogen and oxygen atoms in total. The summed E-state index contributed by atoms with van der Waals surface area (Å²) in [6, 6.07) is 3.89. The minimum Gasteiger partial charge on any atom is -0.313 e. The minimum absolute atomic E-state index is 0.0234. The molecule has 0 amide bonds. The Kier molecular flexibility index (Phi) is 8.24. The van der Waals surface area contributed by atoms with Crippen molar-refractivity contribution in [3.05, 3.63) is 29.6 Å². The molecule has 1 aromatic rings. The van der Waals surface area contributed by atoms with Crippen LogP contribution in [0.3, 0.4) is 0 Å². The van der Waals surface area contributed by atoms with Crippen LogP contribution in [0.25, 0.3) is 0 Å². The summed E-state index contributed by atoms with van der Waals surface area (Å²) in [6.45, 7) is 3.59. The summed E-state index contributed by atoms with van der Waals surface area (Å²) < 4.78 is 40.5. The molecule has 120 valence electrons. The fraction of sp³-hybridized carbons (Fsp3) is 0.571. The SMILES string of the molecule is CCCNCc1ccc(F)cc1S(=O)(=O)NCCCSC. The molecule has 0 aliphatic rings. The average molecular weight is 334 g/mol. The van der Waals surface area contributed by atoms with Gasteiger partial charge in [0.15, 0.2) is 0 Å². The van der Waals surface area contributed by atoms with Gasteiger partial charge >= 0.3 is 0 Å². The van der Waals surface area contributed by atoms with Crippen LogP contribution in [0.5, 0.6) is 0 Å². The van der Waals surface area contributed by atoms with Gasteiger partial charge in [-0.1, -0.05) is 13.0 Å². The Morgan fingerprint density at radius 2 is 2.05 bits per heavy atom. The zero-order valence-corrected chi connectivity index (χ0v) is 14.1. The number of sulfonamides is 1. The molecule has 0 atom stereocenters. The van der Waals surface area contributed by atoms with E-state index in [4.69, 9.17) is 0 Å². The van der Waals surface area contributed by atoms with Crippen molar-refractivity contribution < 1.29 is 12.8 Å². The molecule has 7 heteroatoms. The first-order valence-corrected chi connectivity index (χ1v) is 9.86. The third-order valence-corrected chi connectivity index (χ3v) is 5.12. The van der Waals surface area contributed by atoms with Crippen molar-refractivity contribution in [3.8, 4) is 0 Å². The maximum atomic E-state index is 13.4. The zero-order valence-electron chi connectivity index (χ0n) is 12.5. The van der Waals surface area contributed by atoms with Crippen molar-refractivity contribution in [1.29, 1.82) is 0 Å². The van der Waals surface area contributed by atoms with Crippen LogP contribution in [-0.2, 0) is 16.6 Å². The number of halogens is 1. The van der Waals surface area contributed by atoms with E-state index in [1.54, 1.807) is 11.8 Å². The van der Waals surface area contributed by atoms with Gasteiger partial charge in [0.05, 0.1) is 4.90 Å². The first kappa shape index (κ1) is 18.4. The van der Waals surface area contributed by atoms with Crippen molar-refractivity contribution in [2.45, 2.75) is 31.2 Å². The standard InChI is InChI=1S/C14H23FN2O2S2/c1-3-7-16-11-12-5-6-13(15)10-14(12)21(18,19)17-8-4-9-20-2/h5-6,10,16-17H,3-4,7-9,11H2,1-2H3. The lowest BCUT2D eigenvalue weighted by Gasteiger charge is -2.12. The van der Waals surface area contributed by atoms with Crippen molar-refractivity contribution in [3.63, 3.8) is 0 Å². The number of hydrogen-bond acceptors (Lipinski definition) is 4. The van der Waals surface area contributed by atoms with Gasteiger partial charge in [-0.3, -0.25) is 0 Å². The largest absolute Gasteiger partial charge is 0.313 e. The lowest BCUT2D eigenvalue weighted by Crippen LogP contribution is -2.27. The van der Waals surface area contributed by atoms with E-state index in [2.05, 4.69) is 10.0 Å². The molecule has 21 heavy (non-hydrogen) atoms. The Balaban J connectivity index is 2.84. The molecule has 0 spiro atoms. The molecule has 1 rings (SSSR count). The molecule has 0 aliphatic heterocycles. The highest BCUT2D eigenvalue weighted by molar-refractivity contribution is 7.98. The van der Waals surface area contributed by atoms with Gasteiger partial charge in [-0.15, -0.1) is 0 Å². The first-order valence-electron chi connectivity index (χ1n) is 6.99. The van der Waals surface area contributed by atoms with Gasteiger partial charge in [-0.05, 0) is 49.1 Å². The predicted octanol–water partition coefficient (Wildman–Crippen LogP) is 2.36. The summed E-state index contributed by atoms with van der Waals surface area (Å²) in [5.41, 5.74) is 0.585. The molecule has 1 aromatic carbocycles. The molecule has 0 bridgehead atoms. The van der Waals surface area contributed by atoms with Gasteiger partial charge < -0.3 is 5.32 Å². The maximum Gasteiger partial charge on any atom is 0.240 e. The third kappa shape index (κ3) is 6.34. The lowest BCUT2D eigenvalue weighted by molar-refractivity contribution is 0.572. The number of nitrogens with one attached hydrogen (secondary N) is 2. The van der Waals surface area contributed by atoms with Gasteiger partial charge in [-0.2, -0.15) is 11.8 Å². The van der Waals surface area contributed by atoms with E-state index >= 15 is 0 Å². The fourth-order valence-corrected chi connectivity index (χ4v) is 3.58. The van der Waals surface area contributed by atoms with Gasteiger partial charge in [0, 0.05) is 13.1 Å². The van der Waals surface area contributed by atoms with Crippen LogP contribution in [0, 0.1) is 5.82 Å². The maximum absolute atomic E-state index is 13.4. The topological polar surface area (TPSA) is 58.2 Å². The Bertz CT molecular complexity index is 536. The molecule has 0 aromatic heterocycles. The van der Waals surface area contributed by atoms with Crippen molar-refractivity contribution in [1.82, 2.24) is 10.0 Å². The number of hydrogen-bond donors (Lipinski definition) is 2. The highest BCUT2D eigenvalue weighted by atomic mass is 32.2. The quantitative estimate of drug-likeness (QED) is 0.645. The van der Waals surface area contributed by atoms with Crippen LogP contribution >= 0.6 is 11.8 Å². The number of rotatable bonds is 10. The second-order valence-electron chi connectivity index (χ2n) is 4.67. The molecule has 0 radical (unpaired) electrons. The van der Waals surface area contributed by atoms with Crippen LogP contribution in [0.15, 0.2) is 23.1 Å². The Morgan fingerprint density at radius 3 is 2.71 bits per heavy atom. The zero-order chi connectivity index (χ0) is 15.7. The summed E-state index contributed by atoms with van der Waals surface area (Å²) in [7, 11) is -3.67. The van der Waals surface area contributed by atoms with E-state index in [1.807, 2.05) is 13.2 Å². The second kappa shape index (κ2) is 9.40. The summed E-state index contributed by atoms with van der Waals surface area (Å²) in [5, 5.41) is 3.14. The molecule has 0 saturated carbocycles. The van der Waals surface area contributed by atoms with Crippen LogP contribution in [0.2, 0.25) is 0 Å². The summed E-state index contributed by atoms with van der Waals surface area (Å²) >= 11 is 1.66. The Labute approximate surface area is 131 Å². The monoisotopic (exact) mass is 334 g/mol. The normalized spacial score (nSPS) is 11.8. The Morgan fingerprint density at radius 1 is 1.29 bits per heavy atom. The van der Waals surface area contributed by atoms with Crippen LogP contribution in [0.1, 0.15) is 25.3 Å². The van der Waals surface area contributed by atoms with E-state index in [0.717, 1.165) is 31.2 Å². The van der Waals surface area contributed by atoms with Crippen LogP contribution in [-0.4, -0.2) is 33.5 Å². The average Bonchev–Trinajstić information content (AvgIpc) is 2.45.